The molecule has 0 aliphatic rings. The highest BCUT2D eigenvalue weighted by molar-refractivity contribution is 7.63. The van der Waals surface area contributed by atoms with Crippen LogP contribution in [0.4, 0.5) is 0 Å². The SMILES string of the molecule is CCCC(CC)CP(C)(=O)CC(C)C(=O)OCc1ccccc1. The first kappa shape index (κ1) is 20.0. The fraction of sp³-hybridized carbons (Fsp3) is 0.632. The molecule has 1 rings (SSSR count). The summed E-state index contributed by atoms with van der Waals surface area (Å²) in [5.74, 6) is -0.0588. The second kappa shape index (κ2) is 9.93. The van der Waals surface area contributed by atoms with Gasteiger partial charge in [-0.15, -0.1) is 0 Å². The molecule has 0 aromatic heterocycles. The fourth-order valence-electron chi connectivity index (χ4n) is 2.98. The summed E-state index contributed by atoms with van der Waals surface area (Å²) in [5, 5.41) is 0. The number of ether oxygens (including phenoxy) is 1. The Balaban J connectivity index is 2.47. The van der Waals surface area contributed by atoms with E-state index in [1.807, 2.05) is 43.9 Å². The van der Waals surface area contributed by atoms with Crippen LogP contribution in [0.5, 0.6) is 0 Å². The van der Waals surface area contributed by atoms with Crippen molar-refractivity contribution < 1.29 is 14.1 Å². The fourth-order valence-corrected chi connectivity index (χ4v) is 5.97. The summed E-state index contributed by atoms with van der Waals surface area (Å²) in [7, 11) is -2.30. The van der Waals surface area contributed by atoms with Gasteiger partial charge in [-0.1, -0.05) is 70.4 Å². The lowest BCUT2D eigenvalue weighted by Gasteiger charge is -2.22. The summed E-state index contributed by atoms with van der Waals surface area (Å²) >= 11 is 0. The molecule has 3 nitrogen and oxygen atoms in total. The molecular weight excluding hydrogens is 307 g/mol. The third-order valence-corrected chi connectivity index (χ3v) is 6.81. The maximum absolute atomic E-state index is 12.8. The first-order valence-electron chi connectivity index (χ1n) is 8.64. The molecule has 0 aliphatic carbocycles. The number of benzene rings is 1. The summed E-state index contributed by atoms with van der Waals surface area (Å²) in [5.41, 5.74) is 0.974. The molecule has 0 spiro atoms. The van der Waals surface area contributed by atoms with Crippen LogP contribution in [0.1, 0.15) is 45.6 Å². The van der Waals surface area contributed by atoms with Gasteiger partial charge in [0.05, 0.1) is 13.1 Å². The van der Waals surface area contributed by atoms with Crippen molar-refractivity contribution in [2.45, 2.75) is 46.6 Å². The molecular formula is C19H31O3P. The zero-order valence-electron chi connectivity index (χ0n) is 15.0. The van der Waals surface area contributed by atoms with Gasteiger partial charge in [0.25, 0.3) is 0 Å². The summed E-state index contributed by atoms with van der Waals surface area (Å²) in [6, 6.07) is 9.64. The second-order valence-corrected chi connectivity index (χ2v) is 10.0. The minimum Gasteiger partial charge on any atom is -0.461 e. The normalized spacial score (nSPS) is 16.3. The second-order valence-electron chi connectivity index (χ2n) is 6.72. The molecule has 0 fully saturated rings. The van der Waals surface area contributed by atoms with Crippen LogP contribution in [-0.2, 0) is 20.7 Å². The van der Waals surface area contributed by atoms with E-state index >= 15 is 0 Å². The Labute approximate surface area is 141 Å². The third kappa shape index (κ3) is 7.83. The topological polar surface area (TPSA) is 43.4 Å². The van der Waals surface area contributed by atoms with Crippen molar-refractivity contribution in [1.29, 1.82) is 0 Å². The smallest absolute Gasteiger partial charge is 0.309 e. The summed E-state index contributed by atoms with van der Waals surface area (Å²) in [6.45, 7) is 8.26. The lowest BCUT2D eigenvalue weighted by Crippen LogP contribution is -2.20. The maximum atomic E-state index is 12.8. The third-order valence-electron chi connectivity index (χ3n) is 4.21. The van der Waals surface area contributed by atoms with Gasteiger partial charge < -0.3 is 9.30 Å². The Hall–Kier alpha value is -1.08. The molecule has 3 atom stereocenters. The number of esters is 1. The first-order chi connectivity index (χ1) is 10.9. The molecule has 0 amide bonds. The highest BCUT2D eigenvalue weighted by atomic mass is 31.2. The van der Waals surface area contributed by atoms with E-state index in [4.69, 9.17) is 4.74 Å². The predicted octanol–water partition coefficient (Wildman–Crippen LogP) is 5.19. The minimum atomic E-state index is -2.30. The summed E-state index contributed by atoms with van der Waals surface area (Å²) in [4.78, 5) is 12.1. The van der Waals surface area contributed by atoms with E-state index in [-0.39, 0.29) is 18.5 Å². The van der Waals surface area contributed by atoms with Crippen molar-refractivity contribution in [2.24, 2.45) is 11.8 Å². The number of hydrogen-bond acceptors (Lipinski definition) is 3. The van der Waals surface area contributed by atoms with Crippen molar-refractivity contribution in [3.8, 4) is 0 Å². The average molecular weight is 338 g/mol. The molecule has 0 radical (unpaired) electrons. The summed E-state index contributed by atoms with van der Waals surface area (Å²) in [6.07, 6.45) is 4.47. The monoisotopic (exact) mass is 338 g/mol. The van der Waals surface area contributed by atoms with Crippen molar-refractivity contribution in [2.75, 3.05) is 19.0 Å². The van der Waals surface area contributed by atoms with Crippen molar-refractivity contribution in [3.05, 3.63) is 35.9 Å². The van der Waals surface area contributed by atoms with E-state index in [0.717, 1.165) is 31.0 Å². The maximum Gasteiger partial charge on any atom is 0.309 e. The van der Waals surface area contributed by atoms with Crippen LogP contribution < -0.4 is 0 Å². The molecule has 1 aromatic carbocycles. The van der Waals surface area contributed by atoms with Gasteiger partial charge in [0, 0.05) is 12.3 Å². The van der Waals surface area contributed by atoms with Crippen molar-refractivity contribution >= 4 is 13.1 Å². The zero-order valence-corrected chi connectivity index (χ0v) is 15.9. The molecule has 3 unspecified atom stereocenters. The standard InChI is InChI=1S/C19H31O3P/c1-5-10-17(6-2)15-23(4,21)14-16(3)19(20)22-13-18-11-8-7-9-12-18/h7-9,11-12,16-17H,5-6,10,13-15H2,1-4H3. The highest BCUT2D eigenvalue weighted by Crippen LogP contribution is 2.46. The molecule has 0 saturated heterocycles. The molecule has 130 valence electrons. The molecule has 4 heteroatoms. The lowest BCUT2D eigenvalue weighted by atomic mass is 10.0. The lowest BCUT2D eigenvalue weighted by molar-refractivity contribution is -0.148. The van der Waals surface area contributed by atoms with Crippen LogP contribution in [0.3, 0.4) is 0 Å². The van der Waals surface area contributed by atoms with Gasteiger partial charge in [-0.05, 0) is 18.1 Å². The Bertz CT molecular complexity index is 513. The van der Waals surface area contributed by atoms with Crippen LogP contribution in [0, 0.1) is 11.8 Å². The van der Waals surface area contributed by atoms with Gasteiger partial charge in [-0.25, -0.2) is 0 Å². The van der Waals surface area contributed by atoms with Gasteiger partial charge in [0.2, 0.25) is 0 Å². The van der Waals surface area contributed by atoms with Gasteiger partial charge in [0.1, 0.15) is 6.61 Å². The van der Waals surface area contributed by atoms with E-state index in [9.17, 15) is 9.36 Å². The molecule has 0 heterocycles. The van der Waals surface area contributed by atoms with E-state index in [1.54, 1.807) is 0 Å². The summed E-state index contributed by atoms with van der Waals surface area (Å²) < 4.78 is 18.2. The quantitative estimate of drug-likeness (QED) is 0.436. The van der Waals surface area contributed by atoms with Crippen LogP contribution in [0.15, 0.2) is 30.3 Å². The number of carbonyl (C=O) groups excluding carboxylic acids is 1. The van der Waals surface area contributed by atoms with Crippen LogP contribution in [-0.4, -0.2) is 25.0 Å². The van der Waals surface area contributed by atoms with Crippen molar-refractivity contribution in [3.63, 3.8) is 0 Å². The molecule has 23 heavy (non-hydrogen) atoms. The predicted molar refractivity (Wildman–Crippen MR) is 97.4 cm³/mol. The zero-order chi connectivity index (χ0) is 17.3. The van der Waals surface area contributed by atoms with Gasteiger partial charge >= 0.3 is 5.97 Å². The first-order valence-corrected chi connectivity index (χ1v) is 11.2. The van der Waals surface area contributed by atoms with Gasteiger partial charge in [0.15, 0.2) is 0 Å². The van der Waals surface area contributed by atoms with Crippen molar-refractivity contribution in [1.82, 2.24) is 0 Å². The van der Waals surface area contributed by atoms with Crippen LogP contribution in [0.2, 0.25) is 0 Å². The highest BCUT2D eigenvalue weighted by Gasteiger charge is 2.27. The van der Waals surface area contributed by atoms with Gasteiger partial charge in [-0.2, -0.15) is 0 Å². The van der Waals surface area contributed by atoms with Crippen LogP contribution in [0.25, 0.3) is 0 Å². The van der Waals surface area contributed by atoms with E-state index in [2.05, 4.69) is 13.8 Å². The van der Waals surface area contributed by atoms with Crippen LogP contribution >= 0.6 is 7.14 Å². The molecule has 0 bridgehead atoms. The number of carbonyl (C=O) groups is 1. The number of rotatable bonds is 10. The largest absolute Gasteiger partial charge is 0.461 e. The molecule has 1 aromatic rings. The minimum absolute atomic E-state index is 0.250. The van der Waals surface area contributed by atoms with Gasteiger partial charge in [-0.3, -0.25) is 4.79 Å². The van der Waals surface area contributed by atoms with E-state index in [0.29, 0.717) is 12.1 Å². The number of hydrogen-bond donors (Lipinski definition) is 0. The molecule has 0 N–H and O–H groups in total. The average Bonchev–Trinajstić information content (AvgIpc) is 2.52. The van der Waals surface area contributed by atoms with E-state index in [1.165, 1.54) is 0 Å². The molecule has 0 aliphatic heterocycles. The molecule has 0 saturated carbocycles. The Morgan fingerprint density at radius 2 is 1.83 bits per heavy atom. The Morgan fingerprint density at radius 1 is 1.17 bits per heavy atom. The Morgan fingerprint density at radius 3 is 2.39 bits per heavy atom. The van der Waals surface area contributed by atoms with E-state index < -0.39 is 7.14 Å². The Kier molecular flexibility index (Phi) is 8.62.